The first kappa shape index (κ1) is 24.6. The summed E-state index contributed by atoms with van der Waals surface area (Å²) >= 11 is 1.40. The predicted octanol–water partition coefficient (Wildman–Crippen LogP) is 5.45. The highest BCUT2D eigenvalue weighted by atomic mass is 32.1. The summed E-state index contributed by atoms with van der Waals surface area (Å²) < 4.78 is 16.8. The fraction of sp³-hybridized carbons (Fsp3) is 0.250. The van der Waals surface area contributed by atoms with Gasteiger partial charge in [-0.1, -0.05) is 23.5 Å². The summed E-state index contributed by atoms with van der Waals surface area (Å²) in [4.78, 5) is 33.3. The van der Waals surface area contributed by atoms with Crippen LogP contribution in [0.5, 0.6) is 17.2 Å². The molecular formula is C28H27N3O5S. The Morgan fingerprint density at radius 1 is 0.919 bits per heavy atom. The van der Waals surface area contributed by atoms with Gasteiger partial charge >= 0.3 is 0 Å². The van der Waals surface area contributed by atoms with Gasteiger partial charge in [0.2, 0.25) is 11.8 Å². The first-order chi connectivity index (χ1) is 18.0. The standard InChI is InChI=1S/C28H27N3O5S/c1-34-19-8-4-17(5-9-19)26-22(13-15-25(32)31(26)18-6-10-20(35-2)11-7-18)27(33)30-28-29-23-16-21(36-3)12-14-24(23)37-28/h4-12,14,16,22,26H,13,15H2,1-3H3,(H,29,30,33)/t22-,26+/m0/s1. The van der Waals surface area contributed by atoms with E-state index < -0.39 is 12.0 Å². The van der Waals surface area contributed by atoms with Gasteiger partial charge in [0, 0.05) is 18.2 Å². The molecule has 2 amide bonds. The van der Waals surface area contributed by atoms with E-state index in [4.69, 9.17) is 14.2 Å². The van der Waals surface area contributed by atoms with Crippen molar-refractivity contribution in [2.75, 3.05) is 31.5 Å². The Kier molecular flexibility index (Phi) is 6.96. The molecule has 2 atom stereocenters. The Bertz CT molecular complexity index is 1420. The number of rotatable bonds is 7. The van der Waals surface area contributed by atoms with Crippen LogP contribution in [0.25, 0.3) is 10.2 Å². The van der Waals surface area contributed by atoms with Gasteiger partial charge in [-0.15, -0.1) is 0 Å². The Labute approximate surface area is 218 Å². The molecule has 3 aromatic carbocycles. The summed E-state index contributed by atoms with van der Waals surface area (Å²) in [6, 6.07) is 19.9. The minimum atomic E-state index is -0.505. The SMILES string of the molecule is COc1ccc([C@@H]2[C@@H](C(=O)Nc3nc4cc(OC)ccc4s3)CCC(=O)N2c2ccc(OC)cc2)cc1. The highest BCUT2D eigenvalue weighted by Gasteiger charge is 2.41. The summed E-state index contributed by atoms with van der Waals surface area (Å²) in [7, 11) is 4.81. The highest BCUT2D eigenvalue weighted by Crippen LogP contribution is 2.41. The molecule has 0 bridgehead atoms. The number of carbonyl (C=O) groups excluding carboxylic acids is 2. The van der Waals surface area contributed by atoms with Crippen LogP contribution in [-0.4, -0.2) is 38.1 Å². The van der Waals surface area contributed by atoms with Crippen molar-refractivity contribution in [2.24, 2.45) is 5.92 Å². The van der Waals surface area contributed by atoms with Gasteiger partial charge in [-0.3, -0.25) is 9.59 Å². The zero-order chi connectivity index (χ0) is 25.9. The number of nitrogens with zero attached hydrogens (tertiary/aromatic N) is 2. The molecule has 1 aromatic heterocycles. The molecule has 190 valence electrons. The number of thiazole rings is 1. The maximum Gasteiger partial charge on any atom is 0.231 e. The molecule has 8 nitrogen and oxygen atoms in total. The lowest BCUT2D eigenvalue weighted by molar-refractivity contribution is -0.125. The monoisotopic (exact) mass is 517 g/mol. The molecule has 0 spiro atoms. The lowest BCUT2D eigenvalue weighted by Crippen LogP contribution is -2.46. The average Bonchev–Trinajstić information content (AvgIpc) is 3.34. The second-order valence-electron chi connectivity index (χ2n) is 8.67. The highest BCUT2D eigenvalue weighted by molar-refractivity contribution is 7.22. The summed E-state index contributed by atoms with van der Waals surface area (Å²) in [5, 5.41) is 3.52. The Hall–Kier alpha value is -4.11. The van der Waals surface area contributed by atoms with E-state index in [9.17, 15) is 9.59 Å². The van der Waals surface area contributed by atoms with Crippen LogP contribution in [0.1, 0.15) is 24.4 Å². The third kappa shape index (κ3) is 4.95. The smallest absolute Gasteiger partial charge is 0.231 e. The van der Waals surface area contributed by atoms with Crippen LogP contribution in [0.4, 0.5) is 10.8 Å². The molecule has 0 unspecified atom stereocenters. The van der Waals surface area contributed by atoms with Gasteiger partial charge in [0.05, 0.1) is 43.5 Å². The second-order valence-corrected chi connectivity index (χ2v) is 9.70. The van der Waals surface area contributed by atoms with Crippen molar-refractivity contribution in [1.29, 1.82) is 0 Å². The number of fused-ring (bicyclic) bond motifs is 1. The van der Waals surface area contributed by atoms with Gasteiger partial charge in [-0.2, -0.15) is 0 Å². The molecule has 5 rings (SSSR count). The number of benzene rings is 3. The molecule has 1 aliphatic rings. The quantitative estimate of drug-likeness (QED) is 0.351. The molecule has 0 radical (unpaired) electrons. The molecule has 37 heavy (non-hydrogen) atoms. The van der Waals surface area contributed by atoms with Gasteiger partial charge in [0.15, 0.2) is 5.13 Å². The number of carbonyl (C=O) groups is 2. The molecule has 1 fully saturated rings. The third-order valence-corrected chi connectivity index (χ3v) is 7.52. The van der Waals surface area contributed by atoms with E-state index in [0.717, 1.165) is 15.8 Å². The van der Waals surface area contributed by atoms with Gasteiger partial charge < -0.3 is 24.4 Å². The van der Waals surface area contributed by atoms with Crippen molar-refractivity contribution in [1.82, 2.24) is 4.98 Å². The number of aromatic nitrogens is 1. The molecule has 2 heterocycles. The first-order valence-electron chi connectivity index (χ1n) is 11.9. The molecular weight excluding hydrogens is 490 g/mol. The lowest BCUT2D eigenvalue weighted by Gasteiger charge is -2.40. The van der Waals surface area contributed by atoms with Gasteiger partial charge in [-0.25, -0.2) is 4.98 Å². The number of ether oxygens (including phenoxy) is 3. The number of hydrogen-bond acceptors (Lipinski definition) is 7. The second kappa shape index (κ2) is 10.5. The average molecular weight is 518 g/mol. The van der Waals surface area contributed by atoms with Crippen molar-refractivity contribution >= 4 is 44.2 Å². The van der Waals surface area contributed by atoms with Gasteiger partial charge in [-0.05, 0) is 60.5 Å². The number of nitrogens with one attached hydrogen (secondary N) is 1. The third-order valence-electron chi connectivity index (χ3n) is 6.57. The molecule has 0 saturated carbocycles. The van der Waals surface area contributed by atoms with Crippen LogP contribution in [0.2, 0.25) is 0 Å². The topological polar surface area (TPSA) is 90.0 Å². The minimum absolute atomic E-state index is 0.0397. The molecule has 1 aliphatic heterocycles. The predicted molar refractivity (Wildman–Crippen MR) is 144 cm³/mol. The minimum Gasteiger partial charge on any atom is -0.497 e. The summed E-state index contributed by atoms with van der Waals surface area (Å²) in [6.45, 7) is 0. The van der Waals surface area contributed by atoms with Crippen molar-refractivity contribution in [3.63, 3.8) is 0 Å². The molecule has 9 heteroatoms. The van der Waals surface area contributed by atoms with Crippen LogP contribution in [-0.2, 0) is 9.59 Å². The molecule has 0 aliphatic carbocycles. The van der Waals surface area contributed by atoms with Crippen LogP contribution < -0.4 is 24.4 Å². The normalized spacial score (nSPS) is 17.5. The molecule has 1 N–H and O–H groups in total. The van der Waals surface area contributed by atoms with E-state index in [1.165, 1.54) is 11.3 Å². The van der Waals surface area contributed by atoms with E-state index in [-0.39, 0.29) is 18.2 Å². The number of piperidine rings is 1. The van der Waals surface area contributed by atoms with Crippen molar-refractivity contribution in [3.8, 4) is 17.2 Å². The number of amides is 2. The number of methoxy groups -OCH3 is 3. The maximum atomic E-state index is 13.7. The van der Waals surface area contributed by atoms with Crippen molar-refractivity contribution in [2.45, 2.75) is 18.9 Å². The van der Waals surface area contributed by atoms with Crippen molar-refractivity contribution in [3.05, 3.63) is 72.3 Å². The first-order valence-corrected chi connectivity index (χ1v) is 12.7. The van der Waals surface area contributed by atoms with Crippen LogP contribution in [0.15, 0.2) is 66.7 Å². The summed E-state index contributed by atoms with van der Waals surface area (Å²) in [5.74, 6) is 1.38. The zero-order valence-corrected chi connectivity index (χ0v) is 21.6. The number of anilines is 2. The van der Waals surface area contributed by atoms with Crippen LogP contribution in [0.3, 0.4) is 0 Å². The Morgan fingerprint density at radius 2 is 1.54 bits per heavy atom. The van der Waals surface area contributed by atoms with Gasteiger partial charge in [0.25, 0.3) is 0 Å². The zero-order valence-electron chi connectivity index (χ0n) is 20.8. The maximum absolute atomic E-state index is 13.7. The van der Waals surface area contributed by atoms with Crippen LogP contribution in [0, 0.1) is 5.92 Å². The van der Waals surface area contributed by atoms with Gasteiger partial charge in [0.1, 0.15) is 17.2 Å². The number of hydrogen-bond donors (Lipinski definition) is 1. The van der Waals surface area contributed by atoms with E-state index in [2.05, 4.69) is 10.3 Å². The summed E-state index contributed by atoms with van der Waals surface area (Å²) in [5.41, 5.74) is 2.31. The van der Waals surface area contributed by atoms with Crippen LogP contribution >= 0.6 is 11.3 Å². The largest absolute Gasteiger partial charge is 0.497 e. The molecule has 4 aromatic rings. The Balaban J connectivity index is 1.50. The lowest BCUT2D eigenvalue weighted by atomic mass is 9.83. The van der Waals surface area contributed by atoms with E-state index in [1.54, 1.807) is 26.2 Å². The van der Waals surface area contributed by atoms with Crippen molar-refractivity contribution < 1.29 is 23.8 Å². The van der Waals surface area contributed by atoms with E-state index >= 15 is 0 Å². The van der Waals surface area contributed by atoms with E-state index in [1.807, 2.05) is 66.7 Å². The fourth-order valence-corrected chi connectivity index (χ4v) is 5.53. The molecule has 1 saturated heterocycles. The fourth-order valence-electron chi connectivity index (χ4n) is 4.68. The summed E-state index contributed by atoms with van der Waals surface area (Å²) in [6.07, 6.45) is 0.681. The Morgan fingerprint density at radius 3 is 2.19 bits per heavy atom. The van der Waals surface area contributed by atoms with E-state index in [0.29, 0.717) is 34.5 Å².